The minimum absolute atomic E-state index is 0.845. The van der Waals surface area contributed by atoms with E-state index < -0.39 is 0 Å². The van der Waals surface area contributed by atoms with E-state index in [2.05, 4.69) is 76.6 Å². The second-order valence-corrected chi connectivity index (χ2v) is 8.06. The molecular formula is C18H18Br3NO2. The molecule has 0 aliphatic carbocycles. The molecule has 0 saturated heterocycles. The number of unbranched alkanes of at least 4 members (excludes halogenated alkanes) is 1. The highest BCUT2D eigenvalue weighted by Gasteiger charge is 2.16. The Balaban J connectivity index is 2.31. The molecule has 24 heavy (non-hydrogen) atoms. The highest BCUT2D eigenvalue weighted by atomic mass is 79.9. The summed E-state index contributed by atoms with van der Waals surface area (Å²) >= 11 is 10.7. The molecule has 1 heterocycles. The van der Waals surface area contributed by atoms with Crippen molar-refractivity contribution < 1.29 is 9.47 Å². The summed E-state index contributed by atoms with van der Waals surface area (Å²) in [5.74, 6) is 1.69. The third kappa shape index (κ3) is 3.20. The Labute approximate surface area is 166 Å². The Hall–Kier alpha value is -0.720. The molecule has 0 bridgehead atoms. The number of aromatic nitrogens is 1. The number of fused-ring (bicyclic) bond motifs is 3. The van der Waals surface area contributed by atoms with Crippen molar-refractivity contribution >= 4 is 69.6 Å². The van der Waals surface area contributed by atoms with Crippen LogP contribution in [0, 0.1) is 0 Å². The molecule has 0 unspecified atom stereocenters. The van der Waals surface area contributed by atoms with Gasteiger partial charge in [-0.25, -0.2) is 0 Å². The fourth-order valence-electron chi connectivity index (χ4n) is 3.01. The van der Waals surface area contributed by atoms with Crippen molar-refractivity contribution in [2.24, 2.45) is 0 Å². The topological polar surface area (TPSA) is 23.4 Å². The molecule has 0 aliphatic heterocycles. The number of benzene rings is 2. The van der Waals surface area contributed by atoms with Crippen LogP contribution in [0.4, 0.5) is 0 Å². The summed E-state index contributed by atoms with van der Waals surface area (Å²) in [6, 6.07) is 8.48. The first-order valence-corrected chi connectivity index (χ1v) is 10.4. The number of hydrogen-bond donors (Lipinski definition) is 0. The molecule has 128 valence electrons. The van der Waals surface area contributed by atoms with Crippen LogP contribution in [0.2, 0.25) is 0 Å². The second-order valence-electron chi connectivity index (χ2n) is 5.56. The maximum absolute atomic E-state index is 5.50. The quantitative estimate of drug-likeness (QED) is 0.274. The molecule has 0 spiro atoms. The first-order valence-electron chi connectivity index (χ1n) is 7.69. The number of methoxy groups -OCH3 is 2. The Bertz CT molecular complexity index is 822. The Kier molecular flexibility index (Phi) is 5.78. The summed E-state index contributed by atoms with van der Waals surface area (Å²) in [5, 5.41) is 3.44. The van der Waals surface area contributed by atoms with Crippen LogP contribution in [0.1, 0.15) is 12.8 Å². The molecular weight excluding hydrogens is 502 g/mol. The summed E-state index contributed by atoms with van der Waals surface area (Å²) in [6.07, 6.45) is 2.25. The first kappa shape index (κ1) is 18.1. The summed E-state index contributed by atoms with van der Waals surface area (Å²) < 4.78 is 15.3. The van der Waals surface area contributed by atoms with Crippen molar-refractivity contribution in [3.63, 3.8) is 0 Å². The molecule has 0 atom stereocenters. The third-order valence-electron chi connectivity index (χ3n) is 4.18. The van der Waals surface area contributed by atoms with Gasteiger partial charge in [-0.3, -0.25) is 0 Å². The molecule has 0 amide bonds. The van der Waals surface area contributed by atoms with Crippen LogP contribution >= 0.6 is 47.8 Å². The van der Waals surface area contributed by atoms with Crippen molar-refractivity contribution in [1.82, 2.24) is 4.57 Å². The molecule has 0 aliphatic rings. The SMILES string of the molecule is COc1cc2c(cc1Br)c1cc(Br)c(OC)cc1n2CCCCBr. The predicted molar refractivity (Wildman–Crippen MR) is 111 cm³/mol. The van der Waals surface area contributed by atoms with Crippen LogP contribution in [0.15, 0.2) is 33.2 Å². The van der Waals surface area contributed by atoms with E-state index in [9.17, 15) is 0 Å². The summed E-state index contributed by atoms with van der Waals surface area (Å²) in [5.41, 5.74) is 2.36. The Morgan fingerprint density at radius 2 is 1.33 bits per heavy atom. The van der Waals surface area contributed by atoms with E-state index >= 15 is 0 Å². The fourth-order valence-corrected chi connectivity index (χ4v) is 4.42. The lowest BCUT2D eigenvalue weighted by Gasteiger charge is -2.09. The molecule has 3 rings (SSSR count). The Morgan fingerprint density at radius 1 is 0.833 bits per heavy atom. The van der Waals surface area contributed by atoms with E-state index in [1.165, 1.54) is 21.8 Å². The average Bonchev–Trinajstić information content (AvgIpc) is 2.86. The Morgan fingerprint density at radius 3 is 1.75 bits per heavy atom. The lowest BCUT2D eigenvalue weighted by Crippen LogP contribution is -1.99. The number of halogens is 3. The highest BCUT2D eigenvalue weighted by molar-refractivity contribution is 9.11. The van der Waals surface area contributed by atoms with E-state index in [1.54, 1.807) is 14.2 Å². The minimum Gasteiger partial charge on any atom is -0.495 e. The van der Waals surface area contributed by atoms with Gasteiger partial charge in [-0.05, 0) is 56.8 Å². The largest absolute Gasteiger partial charge is 0.495 e. The zero-order valence-electron chi connectivity index (χ0n) is 13.5. The van der Waals surface area contributed by atoms with Crippen LogP contribution < -0.4 is 9.47 Å². The minimum atomic E-state index is 0.845. The highest BCUT2D eigenvalue weighted by Crippen LogP contribution is 2.40. The normalized spacial score (nSPS) is 11.4. The fraction of sp³-hybridized carbons (Fsp3) is 0.333. The van der Waals surface area contributed by atoms with Gasteiger partial charge in [-0.15, -0.1) is 0 Å². The second kappa shape index (κ2) is 7.67. The smallest absolute Gasteiger partial charge is 0.135 e. The number of aryl methyl sites for hydroxylation is 1. The summed E-state index contributed by atoms with van der Waals surface area (Å²) in [7, 11) is 3.40. The van der Waals surface area contributed by atoms with Crippen LogP contribution in [0.5, 0.6) is 11.5 Å². The van der Waals surface area contributed by atoms with Gasteiger partial charge in [-0.1, -0.05) is 15.9 Å². The lowest BCUT2D eigenvalue weighted by atomic mass is 10.1. The van der Waals surface area contributed by atoms with E-state index in [4.69, 9.17) is 9.47 Å². The lowest BCUT2D eigenvalue weighted by molar-refractivity contribution is 0.412. The van der Waals surface area contributed by atoms with Gasteiger partial charge in [-0.2, -0.15) is 0 Å². The number of alkyl halides is 1. The molecule has 2 aromatic carbocycles. The maximum Gasteiger partial charge on any atom is 0.135 e. The summed E-state index contributed by atoms with van der Waals surface area (Å²) in [6.45, 7) is 0.959. The van der Waals surface area contributed by atoms with Crippen molar-refractivity contribution in [3.8, 4) is 11.5 Å². The molecule has 0 radical (unpaired) electrons. The van der Waals surface area contributed by atoms with Crippen LogP contribution in [-0.2, 0) is 6.54 Å². The van der Waals surface area contributed by atoms with Crippen LogP contribution in [0.3, 0.4) is 0 Å². The van der Waals surface area contributed by atoms with Gasteiger partial charge in [0.1, 0.15) is 11.5 Å². The van der Waals surface area contributed by atoms with E-state index in [1.807, 2.05) is 0 Å². The van der Waals surface area contributed by atoms with Gasteiger partial charge in [0.15, 0.2) is 0 Å². The van der Waals surface area contributed by atoms with Gasteiger partial charge in [0.25, 0.3) is 0 Å². The maximum atomic E-state index is 5.50. The van der Waals surface area contributed by atoms with Crippen LogP contribution in [-0.4, -0.2) is 24.1 Å². The monoisotopic (exact) mass is 517 g/mol. The van der Waals surface area contributed by atoms with Crippen LogP contribution in [0.25, 0.3) is 21.8 Å². The zero-order valence-corrected chi connectivity index (χ0v) is 18.3. The van der Waals surface area contributed by atoms with Gasteiger partial charge in [0.05, 0.1) is 34.2 Å². The van der Waals surface area contributed by atoms with Gasteiger partial charge < -0.3 is 14.0 Å². The standard InChI is InChI=1S/C18H18Br3NO2/c1-23-17-9-15-11(7-13(17)20)12-8-14(21)18(24-2)10-16(12)22(15)6-4-3-5-19/h7-10H,3-6H2,1-2H3. The molecule has 0 saturated carbocycles. The number of hydrogen-bond acceptors (Lipinski definition) is 2. The number of nitrogens with zero attached hydrogens (tertiary/aromatic N) is 1. The predicted octanol–water partition coefficient (Wildman–Crippen LogP) is 6.51. The molecule has 0 N–H and O–H groups in total. The first-order chi connectivity index (χ1) is 11.6. The molecule has 3 aromatic rings. The molecule has 6 heteroatoms. The van der Waals surface area contributed by atoms with Gasteiger partial charge in [0, 0.05) is 34.8 Å². The molecule has 1 aromatic heterocycles. The average molecular weight is 520 g/mol. The van der Waals surface area contributed by atoms with E-state index in [-0.39, 0.29) is 0 Å². The zero-order chi connectivity index (χ0) is 17.3. The van der Waals surface area contributed by atoms with Crippen molar-refractivity contribution in [2.45, 2.75) is 19.4 Å². The van der Waals surface area contributed by atoms with E-state index in [0.717, 1.165) is 45.2 Å². The van der Waals surface area contributed by atoms with E-state index in [0.29, 0.717) is 0 Å². The van der Waals surface area contributed by atoms with Crippen molar-refractivity contribution in [1.29, 1.82) is 0 Å². The molecule has 0 fully saturated rings. The van der Waals surface area contributed by atoms with Crippen molar-refractivity contribution in [3.05, 3.63) is 33.2 Å². The molecule has 3 nitrogen and oxygen atoms in total. The van der Waals surface area contributed by atoms with Gasteiger partial charge >= 0.3 is 0 Å². The number of ether oxygens (including phenoxy) is 2. The number of rotatable bonds is 6. The third-order valence-corrected chi connectivity index (χ3v) is 5.98. The summed E-state index contributed by atoms with van der Waals surface area (Å²) in [4.78, 5) is 0. The van der Waals surface area contributed by atoms with Crippen molar-refractivity contribution in [2.75, 3.05) is 19.5 Å². The van der Waals surface area contributed by atoms with Gasteiger partial charge in [0.2, 0.25) is 0 Å².